The van der Waals surface area contributed by atoms with E-state index in [0.29, 0.717) is 25.6 Å². The molecule has 1 rings (SSSR count). The van der Waals surface area contributed by atoms with Crippen molar-refractivity contribution in [3.05, 3.63) is 0 Å². The van der Waals surface area contributed by atoms with Crippen LogP contribution in [0.25, 0.3) is 0 Å². The van der Waals surface area contributed by atoms with E-state index in [4.69, 9.17) is 10.5 Å². The van der Waals surface area contributed by atoms with Crippen LogP contribution in [0.4, 0.5) is 0 Å². The van der Waals surface area contributed by atoms with Crippen LogP contribution in [-0.2, 0) is 9.53 Å². The van der Waals surface area contributed by atoms with Crippen LogP contribution < -0.4 is 5.73 Å². The molecule has 124 valence electrons. The smallest absolute Gasteiger partial charge is 0.224 e. The monoisotopic (exact) mass is 299 g/mol. The third-order valence-electron chi connectivity index (χ3n) is 4.65. The third-order valence-corrected chi connectivity index (χ3v) is 4.65. The molecular formula is C16H33N3O2. The van der Waals surface area contributed by atoms with Crippen molar-refractivity contribution in [2.45, 2.75) is 52.1 Å². The van der Waals surface area contributed by atoms with Gasteiger partial charge in [-0.15, -0.1) is 0 Å². The lowest BCUT2D eigenvalue weighted by Gasteiger charge is -2.36. The number of hydrogen-bond donors (Lipinski definition) is 1. The zero-order chi connectivity index (χ0) is 15.8. The number of methoxy groups -OCH3 is 1. The van der Waals surface area contributed by atoms with Gasteiger partial charge in [0, 0.05) is 51.8 Å². The number of nitrogens with two attached hydrogens (primary N) is 1. The van der Waals surface area contributed by atoms with Crippen molar-refractivity contribution in [3.8, 4) is 0 Å². The maximum absolute atomic E-state index is 12.4. The summed E-state index contributed by atoms with van der Waals surface area (Å²) < 4.78 is 5.23. The van der Waals surface area contributed by atoms with Crippen molar-refractivity contribution >= 4 is 5.91 Å². The van der Waals surface area contributed by atoms with Crippen molar-refractivity contribution in [2.24, 2.45) is 11.7 Å². The van der Waals surface area contributed by atoms with Gasteiger partial charge in [0.25, 0.3) is 0 Å². The van der Waals surface area contributed by atoms with Crippen LogP contribution in [0.3, 0.4) is 0 Å². The van der Waals surface area contributed by atoms with Crippen molar-refractivity contribution in [2.75, 3.05) is 39.9 Å². The van der Waals surface area contributed by atoms with Crippen LogP contribution in [0.15, 0.2) is 0 Å². The molecule has 5 heteroatoms. The number of ether oxygens (including phenoxy) is 1. The van der Waals surface area contributed by atoms with Gasteiger partial charge in [0.15, 0.2) is 0 Å². The van der Waals surface area contributed by atoms with E-state index in [1.54, 1.807) is 7.11 Å². The summed E-state index contributed by atoms with van der Waals surface area (Å²) in [7, 11) is 1.72. The van der Waals surface area contributed by atoms with E-state index in [1.165, 1.54) is 12.8 Å². The average Bonchev–Trinajstić information content (AvgIpc) is 3.31. The second kappa shape index (κ2) is 9.38. The summed E-state index contributed by atoms with van der Waals surface area (Å²) in [6.45, 7) is 9.90. The summed E-state index contributed by atoms with van der Waals surface area (Å²) in [6, 6.07) is 0.599. The summed E-state index contributed by atoms with van der Waals surface area (Å²) in [5.41, 5.74) is 5.98. The zero-order valence-electron chi connectivity index (χ0n) is 14.2. The first-order valence-corrected chi connectivity index (χ1v) is 8.31. The van der Waals surface area contributed by atoms with Gasteiger partial charge in [-0.1, -0.05) is 0 Å². The fraction of sp³-hybridized carbons (Fsp3) is 0.938. The molecular weight excluding hydrogens is 266 g/mol. The molecule has 1 saturated carbocycles. The zero-order valence-corrected chi connectivity index (χ0v) is 14.2. The van der Waals surface area contributed by atoms with Gasteiger partial charge in [-0.05, 0) is 39.5 Å². The number of nitrogens with zero attached hydrogens (tertiary/aromatic N) is 2. The molecule has 0 aliphatic heterocycles. The van der Waals surface area contributed by atoms with E-state index in [0.717, 1.165) is 25.6 Å². The lowest BCUT2D eigenvalue weighted by atomic mass is 10.1. The standard InChI is InChI=1S/C16H33N3O2/c1-5-18(6-2)16(20)11-15(12-17)19(9-10-21-4)13(3)14-7-8-14/h13-15H,5-12,17H2,1-4H3. The number of carbonyl (C=O) groups excluding carboxylic acids is 1. The molecule has 0 bridgehead atoms. The fourth-order valence-electron chi connectivity index (χ4n) is 3.01. The van der Waals surface area contributed by atoms with E-state index in [9.17, 15) is 4.79 Å². The molecule has 0 spiro atoms. The van der Waals surface area contributed by atoms with E-state index in [2.05, 4.69) is 11.8 Å². The minimum atomic E-state index is 0.115. The van der Waals surface area contributed by atoms with E-state index in [-0.39, 0.29) is 11.9 Å². The van der Waals surface area contributed by atoms with Gasteiger partial charge in [-0.3, -0.25) is 9.69 Å². The number of amides is 1. The Balaban J connectivity index is 2.68. The van der Waals surface area contributed by atoms with Crippen molar-refractivity contribution in [1.29, 1.82) is 0 Å². The molecule has 0 saturated heterocycles. The highest BCUT2D eigenvalue weighted by Gasteiger charge is 2.35. The SMILES string of the molecule is CCN(CC)C(=O)CC(CN)N(CCOC)C(C)C1CC1. The first kappa shape index (κ1) is 18.4. The highest BCUT2D eigenvalue weighted by Crippen LogP contribution is 2.36. The Hall–Kier alpha value is -0.650. The maximum Gasteiger partial charge on any atom is 0.224 e. The van der Waals surface area contributed by atoms with Crippen LogP contribution in [0, 0.1) is 5.92 Å². The molecule has 1 aliphatic carbocycles. The Kier molecular flexibility index (Phi) is 8.22. The van der Waals surface area contributed by atoms with Crippen LogP contribution in [0.1, 0.15) is 40.0 Å². The van der Waals surface area contributed by atoms with E-state index < -0.39 is 0 Å². The van der Waals surface area contributed by atoms with Gasteiger partial charge in [0.05, 0.1) is 6.61 Å². The summed E-state index contributed by atoms with van der Waals surface area (Å²) in [5.74, 6) is 0.973. The summed E-state index contributed by atoms with van der Waals surface area (Å²) in [5, 5.41) is 0. The van der Waals surface area contributed by atoms with E-state index >= 15 is 0 Å². The molecule has 21 heavy (non-hydrogen) atoms. The van der Waals surface area contributed by atoms with Gasteiger partial charge in [-0.2, -0.15) is 0 Å². The van der Waals surface area contributed by atoms with Crippen molar-refractivity contribution < 1.29 is 9.53 Å². The molecule has 1 fully saturated rings. The van der Waals surface area contributed by atoms with Crippen LogP contribution >= 0.6 is 0 Å². The predicted molar refractivity (Wildman–Crippen MR) is 86.2 cm³/mol. The molecule has 2 unspecified atom stereocenters. The van der Waals surface area contributed by atoms with Gasteiger partial charge >= 0.3 is 0 Å². The normalized spacial score (nSPS) is 17.8. The molecule has 0 aromatic rings. The molecule has 1 amide bonds. The van der Waals surface area contributed by atoms with Crippen LogP contribution in [0.2, 0.25) is 0 Å². The lowest BCUT2D eigenvalue weighted by Crippen LogP contribution is -2.50. The number of carbonyl (C=O) groups is 1. The Morgan fingerprint density at radius 2 is 1.95 bits per heavy atom. The fourth-order valence-corrected chi connectivity index (χ4v) is 3.01. The Bertz CT molecular complexity index is 304. The van der Waals surface area contributed by atoms with Gasteiger partial charge in [0.2, 0.25) is 5.91 Å². The first-order chi connectivity index (χ1) is 10.1. The molecule has 2 N–H and O–H groups in total. The molecule has 0 aromatic carbocycles. The molecule has 0 radical (unpaired) electrons. The molecule has 2 atom stereocenters. The molecule has 0 heterocycles. The first-order valence-electron chi connectivity index (χ1n) is 8.31. The summed E-state index contributed by atoms with van der Waals surface area (Å²) in [6.07, 6.45) is 3.11. The lowest BCUT2D eigenvalue weighted by molar-refractivity contribution is -0.132. The van der Waals surface area contributed by atoms with Gasteiger partial charge < -0.3 is 15.4 Å². The van der Waals surface area contributed by atoms with Crippen molar-refractivity contribution in [3.63, 3.8) is 0 Å². The number of rotatable bonds is 11. The highest BCUT2D eigenvalue weighted by molar-refractivity contribution is 5.76. The van der Waals surface area contributed by atoms with E-state index in [1.807, 2.05) is 18.7 Å². The van der Waals surface area contributed by atoms with Crippen LogP contribution in [0.5, 0.6) is 0 Å². The summed E-state index contributed by atoms with van der Waals surface area (Å²) in [4.78, 5) is 16.7. The Morgan fingerprint density at radius 3 is 2.38 bits per heavy atom. The van der Waals surface area contributed by atoms with Gasteiger partial charge in [0.1, 0.15) is 0 Å². The van der Waals surface area contributed by atoms with Crippen LogP contribution in [-0.4, -0.2) is 67.7 Å². The Morgan fingerprint density at radius 1 is 1.33 bits per heavy atom. The average molecular weight is 299 g/mol. The highest BCUT2D eigenvalue weighted by atomic mass is 16.5. The second-order valence-corrected chi connectivity index (χ2v) is 5.97. The minimum Gasteiger partial charge on any atom is -0.383 e. The molecule has 0 aromatic heterocycles. The molecule has 5 nitrogen and oxygen atoms in total. The largest absolute Gasteiger partial charge is 0.383 e. The van der Waals surface area contributed by atoms with Gasteiger partial charge in [-0.25, -0.2) is 0 Å². The summed E-state index contributed by atoms with van der Waals surface area (Å²) >= 11 is 0. The maximum atomic E-state index is 12.4. The minimum absolute atomic E-state index is 0.115. The third kappa shape index (κ3) is 5.57. The van der Waals surface area contributed by atoms with Crippen molar-refractivity contribution in [1.82, 2.24) is 9.80 Å². The topological polar surface area (TPSA) is 58.8 Å². The quantitative estimate of drug-likeness (QED) is 0.625. The molecule has 1 aliphatic rings. The number of hydrogen-bond acceptors (Lipinski definition) is 4. The predicted octanol–water partition coefficient (Wildman–Crippen LogP) is 1.32. The second-order valence-electron chi connectivity index (χ2n) is 5.97. The Labute approximate surface area is 129 Å².